The number of alkyl halides is 3. The van der Waals surface area contributed by atoms with Crippen LogP contribution in [0, 0.1) is 0 Å². The fourth-order valence-electron chi connectivity index (χ4n) is 3.09. The second-order valence-corrected chi connectivity index (χ2v) is 8.88. The Morgan fingerprint density at radius 2 is 1.62 bits per heavy atom. The molecule has 0 aliphatic heterocycles. The molecule has 0 unspecified atom stereocenters. The third-order valence-electron chi connectivity index (χ3n) is 4.60. The summed E-state index contributed by atoms with van der Waals surface area (Å²) >= 11 is 0. The molecule has 1 aromatic heterocycles. The average molecular weight is 522 g/mol. The lowest BCUT2D eigenvalue weighted by molar-refractivity contribution is -0.157. The fourth-order valence-corrected chi connectivity index (χ4v) is 3.09. The van der Waals surface area contributed by atoms with Crippen LogP contribution >= 0.6 is 0 Å². The molecule has 0 spiro atoms. The highest BCUT2D eigenvalue weighted by molar-refractivity contribution is 5.89. The highest BCUT2D eigenvalue weighted by atomic mass is 19.4. The third kappa shape index (κ3) is 7.25. The second-order valence-electron chi connectivity index (χ2n) is 8.88. The monoisotopic (exact) mass is 522 g/mol. The maximum absolute atomic E-state index is 13.8. The smallest absolute Gasteiger partial charge is 0.453 e. The van der Waals surface area contributed by atoms with Crippen molar-refractivity contribution < 1.29 is 46.1 Å². The summed E-state index contributed by atoms with van der Waals surface area (Å²) in [4.78, 5) is 36.7. The maximum Gasteiger partial charge on any atom is 0.453 e. The van der Waals surface area contributed by atoms with E-state index in [-0.39, 0.29) is 29.1 Å². The SMILES string of the molecule is CCCOC(=O)c1ccc(Oc2c(C(F)(F)F)oc3cc(OCC(=O)OC(C)(C)C)ccc3c2=O)cc1. The molecular formula is C26H25F3O8. The van der Waals surface area contributed by atoms with Crippen LogP contribution in [0.1, 0.15) is 50.2 Å². The van der Waals surface area contributed by atoms with Crippen molar-refractivity contribution in [1.82, 2.24) is 0 Å². The number of hydrogen-bond donors (Lipinski definition) is 0. The summed E-state index contributed by atoms with van der Waals surface area (Å²) in [6.07, 6.45) is -4.44. The first-order valence-electron chi connectivity index (χ1n) is 11.3. The molecule has 1 heterocycles. The van der Waals surface area contributed by atoms with Crippen LogP contribution in [0.4, 0.5) is 13.2 Å². The first-order chi connectivity index (χ1) is 17.3. The molecule has 3 rings (SSSR count). The van der Waals surface area contributed by atoms with Crippen LogP contribution in [0.25, 0.3) is 11.0 Å². The Hall–Kier alpha value is -4.02. The van der Waals surface area contributed by atoms with E-state index in [2.05, 4.69) is 0 Å². The topological polar surface area (TPSA) is 101 Å². The molecule has 198 valence electrons. The van der Waals surface area contributed by atoms with Gasteiger partial charge in [-0.25, -0.2) is 9.59 Å². The Labute approximate surface area is 209 Å². The summed E-state index contributed by atoms with van der Waals surface area (Å²) in [5.74, 6) is -4.13. The Balaban J connectivity index is 1.90. The summed E-state index contributed by atoms with van der Waals surface area (Å²) in [6.45, 7) is 6.56. The molecule has 0 amide bonds. The van der Waals surface area contributed by atoms with Gasteiger partial charge in [0.05, 0.1) is 17.6 Å². The first kappa shape index (κ1) is 27.6. The second kappa shape index (κ2) is 10.9. The normalized spacial score (nSPS) is 11.8. The number of halogens is 3. The fraction of sp³-hybridized carbons (Fsp3) is 0.346. The van der Waals surface area contributed by atoms with E-state index in [4.69, 9.17) is 23.4 Å². The summed E-state index contributed by atoms with van der Waals surface area (Å²) in [5, 5.41) is -0.201. The third-order valence-corrected chi connectivity index (χ3v) is 4.60. The number of ether oxygens (including phenoxy) is 4. The van der Waals surface area contributed by atoms with E-state index < -0.39 is 52.8 Å². The highest BCUT2D eigenvalue weighted by Gasteiger charge is 2.40. The standard InChI is InChI=1S/C26H25F3O8/c1-5-12-33-24(32)15-6-8-16(9-7-15)35-22-21(31)18-11-10-17(34-14-20(30)37-25(2,3)4)13-19(18)36-23(22)26(27,28)29/h6-11,13H,5,12,14H2,1-4H3. The van der Waals surface area contributed by atoms with Crippen molar-refractivity contribution in [1.29, 1.82) is 0 Å². The van der Waals surface area contributed by atoms with E-state index in [0.29, 0.717) is 6.42 Å². The Bertz CT molecular complexity index is 1340. The van der Waals surface area contributed by atoms with Crippen molar-refractivity contribution in [2.75, 3.05) is 13.2 Å². The van der Waals surface area contributed by atoms with Gasteiger partial charge in [0.2, 0.25) is 11.2 Å². The number of carbonyl (C=O) groups is 2. The van der Waals surface area contributed by atoms with Crippen LogP contribution < -0.4 is 14.9 Å². The van der Waals surface area contributed by atoms with E-state index in [1.54, 1.807) is 20.8 Å². The minimum absolute atomic E-state index is 0.00569. The van der Waals surface area contributed by atoms with Crippen LogP contribution in [-0.2, 0) is 20.4 Å². The van der Waals surface area contributed by atoms with E-state index in [1.807, 2.05) is 6.92 Å². The van der Waals surface area contributed by atoms with Gasteiger partial charge in [-0.15, -0.1) is 0 Å². The van der Waals surface area contributed by atoms with Crippen molar-refractivity contribution >= 4 is 22.9 Å². The molecule has 0 atom stereocenters. The van der Waals surface area contributed by atoms with E-state index in [9.17, 15) is 27.6 Å². The average Bonchev–Trinajstić information content (AvgIpc) is 2.81. The molecule has 8 nitrogen and oxygen atoms in total. The molecule has 0 radical (unpaired) electrons. The molecule has 0 N–H and O–H groups in total. The van der Waals surface area contributed by atoms with Crippen molar-refractivity contribution in [2.45, 2.75) is 45.9 Å². The Morgan fingerprint density at radius 3 is 2.22 bits per heavy atom. The molecule has 0 saturated heterocycles. The molecule has 11 heteroatoms. The van der Waals surface area contributed by atoms with Crippen molar-refractivity contribution in [3.8, 4) is 17.2 Å². The lowest BCUT2D eigenvalue weighted by Crippen LogP contribution is -2.27. The van der Waals surface area contributed by atoms with Gasteiger partial charge in [0.25, 0.3) is 5.76 Å². The minimum Gasteiger partial charge on any atom is -0.482 e. The lowest BCUT2D eigenvalue weighted by atomic mass is 10.2. The summed E-state index contributed by atoms with van der Waals surface area (Å²) in [7, 11) is 0. The molecule has 37 heavy (non-hydrogen) atoms. The maximum atomic E-state index is 13.8. The Morgan fingerprint density at radius 1 is 0.973 bits per heavy atom. The molecular weight excluding hydrogens is 497 g/mol. The van der Waals surface area contributed by atoms with Gasteiger partial charge < -0.3 is 23.4 Å². The summed E-state index contributed by atoms with van der Waals surface area (Å²) in [5.41, 5.74) is -2.06. The first-order valence-corrected chi connectivity index (χ1v) is 11.3. The number of carbonyl (C=O) groups excluding carboxylic acids is 2. The van der Waals surface area contributed by atoms with Crippen molar-refractivity contribution in [3.05, 3.63) is 64.0 Å². The van der Waals surface area contributed by atoms with Crippen LogP contribution in [-0.4, -0.2) is 30.8 Å². The lowest BCUT2D eigenvalue weighted by Gasteiger charge is -2.19. The number of rotatable bonds is 8. The van der Waals surface area contributed by atoms with Gasteiger partial charge in [-0.2, -0.15) is 13.2 Å². The van der Waals surface area contributed by atoms with E-state index in [1.165, 1.54) is 36.4 Å². The zero-order valence-electron chi connectivity index (χ0n) is 20.6. The van der Waals surface area contributed by atoms with E-state index >= 15 is 0 Å². The predicted octanol–water partition coefficient (Wildman–Crippen LogP) is 5.89. The van der Waals surface area contributed by atoms with Gasteiger partial charge in [-0.3, -0.25) is 4.79 Å². The van der Waals surface area contributed by atoms with Crippen LogP contribution in [0.15, 0.2) is 51.7 Å². The molecule has 3 aromatic rings. The zero-order chi connectivity index (χ0) is 27.4. The number of hydrogen-bond acceptors (Lipinski definition) is 8. The number of esters is 2. The number of benzene rings is 2. The molecule has 0 aliphatic carbocycles. The van der Waals surface area contributed by atoms with Gasteiger partial charge in [0, 0.05) is 6.07 Å². The van der Waals surface area contributed by atoms with Gasteiger partial charge in [-0.05, 0) is 63.6 Å². The highest BCUT2D eigenvalue weighted by Crippen LogP contribution is 2.38. The van der Waals surface area contributed by atoms with Gasteiger partial charge >= 0.3 is 18.1 Å². The minimum atomic E-state index is -5.07. The largest absolute Gasteiger partial charge is 0.482 e. The summed E-state index contributed by atoms with van der Waals surface area (Å²) in [6, 6.07) is 8.65. The van der Waals surface area contributed by atoms with E-state index in [0.717, 1.165) is 6.07 Å². The van der Waals surface area contributed by atoms with Gasteiger partial charge in [0.1, 0.15) is 22.7 Å². The molecule has 0 fully saturated rings. The Kier molecular flexibility index (Phi) is 8.15. The summed E-state index contributed by atoms with van der Waals surface area (Å²) < 4.78 is 67.1. The number of fused-ring (bicyclic) bond motifs is 1. The van der Waals surface area contributed by atoms with Crippen LogP contribution in [0.2, 0.25) is 0 Å². The zero-order valence-corrected chi connectivity index (χ0v) is 20.6. The molecule has 0 saturated carbocycles. The van der Waals surface area contributed by atoms with Gasteiger partial charge in [0.15, 0.2) is 6.61 Å². The van der Waals surface area contributed by atoms with Gasteiger partial charge in [-0.1, -0.05) is 6.92 Å². The molecule has 0 aliphatic rings. The quantitative estimate of drug-likeness (QED) is 0.338. The van der Waals surface area contributed by atoms with Crippen molar-refractivity contribution in [3.63, 3.8) is 0 Å². The molecule has 0 bridgehead atoms. The molecule has 2 aromatic carbocycles. The van der Waals surface area contributed by atoms with Crippen molar-refractivity contribution in [2.24, 2.45) is 0 Å². The van der Waals surface area contributed by atoms with Crippen LogP contribution in [0.3, 0.4) is 0 Å². The van der Waals surface area contributed by atoms with Crippen LogP contribution in [0.5, 0.6) is 17.2 Å². The predicted molar refractivity (Wildman–Crippen MR) is 126 cm³/mol.